The summed E-state index contributed by atoms with van der Waals surface area (Å²) in [4.78, 5) is 6.76. The Morgan fingerprint density at radius 3 is 2.48 bits per heavy atom. The van der Waals surface area contributed by atoms with Crippen molar-refractivity contribution in [1.29, 1.82) is 0 Å². The Bertz CT molecular complexity index is 1100. The van der Waals surface area contributed by atoms with Gasteiger partial charge in [-0.25, -0.2) is 4.98 Å². The fourth-order valence-electron chi connectivity index (χ4n) is 3.91. The van der Waals surface area contributed by atoms with Gasteiger partial charge in [0.15, 0.2) is 5.65 Å². The van der Waals surface area contributed by atoms with Crippen molar-refractivity contribution in [1.82, 2.24) is 24.8 Å². The van der Waals surface area contributed by atoms with Crippen LogP contribution < -0.4 is 9.64 Å². The summed E-state index contributed by atoms with van der Waals surface area (Å²) in [6.45, 7) is 1.96. The van der Waals surface area contributed by atoms with Gasteiger partial charge in [-0.1, -0.05) is 30.3 Å². The van der Waals surface area contributed by atoms with E-state index in [0.29, 0.717) is 28.8 Å². The number of nitrogens with zero attached hydrogens (tertiary/aromatic N) is 6. The highest BCUT2D eigenvalue weighted by Gasteiger charge is 2.22. The van der Waals surface area contributed by atoms with Crippen molar-refractivity contribution in [3.63, 3.8) is 0 Å². The zero-order chi connectivity index (χ0) is 19.6. The third-order valence-electron chi connectivity index (χ3n) is 5.54. The van der Waals surface area contributed by atoms with Crippen LogP contribution in [0.1, 0.15) is 24.3 Å². The van der Waals surface area contributed by atoms with E-state index in [4.69, 9.17) is 9.84 Å². The molecule has 0 atom stereocenters. The Balaban J connectivity index is 1.39. The number of anilines is 1. The second-order valence-corrected chi connectivity index (χ2v) is 7.24. The van der Waals surface area contributed by atoms with Gasteiger partial charge in [0.2, 0.25) is 5.82 Å². The zero-order valence-corrected chi connectivity index (χ0v) is 16.3. The normalized spacial score (nSPS) is 15.0. The number of ether oxygens (including phenoxy) is 1. The maximum Gasteiger partial charge on any atom is 0.203 e. The van der Waals surface area contributed by atoms with Crippen molar-refractivity contribution in [2.45, 2.75) is 18.8 Å². The zero-order valence-electron chi connectivity index (χ0n) is 16.3. The number of hydrogen-bond acceptors (Lipinski definition) is 6. The van der Waals surface area contributed by atoms with E-state index in [9.17, 15) is 0 Å². The van der Waals surface area contributed by atoms with E-state index in [1.807, 2.05) is 24.3 Å². The lowest BCUT2D eigenvalue weighted by atomic mass is 9.89. The fourth-order valence-corrected chi connectivity index (χ4v) is 3.91. The SMILES string of the molecule is COc1ccc(-c2nnc3ccc(N4CCC(c5ccccc5)CC4)nn23)nc1. The third-order valence-corrected chi connectivity index (χ3v) is 5.54. The molecule has 146 valence electrons. The van der Waals surface area contributed by atoms with Crippen LogP contribution in [0.15, 0.2) is 60.8 Å². The average molecular weight is 386 g/mol. The molecule has 1 aliphatic heterocycles. The Kier molecular flexibility index (Phi) is 4.56. The lowest BCUT2D eigenvalue weighted by molar-refractivity contribution is 0.413. The number of piperidine rings is 1. The quantitative estimate of drug-likeness (QED) is 0.534. The second-order valence-electron chi connectivity index (χ2n) is 7.24. The van der Waals surface area contributed by atoms with Crippen molar-refractivity contribution in [2.75, 3.05) is 25.1 Å². The molecule has 7 heteroatoms. The highest BCUT2D eigenvalue weighted by Crippen LogP contribution is 2.30. The summed E-state index contributed by atoms with van der Waals surface area (Å²) in [5.74, 6) is 2.89. The Labute approximate surface area is 169 Å². The van der Waals surface area contributed by atoms with E-state index in [2.05, 4.69) is 50.4 Å². The number of aromatic nitrogens is 5. The molecule has 0 bridgehead atoms. The van der Waals surface area contributed by atoms with Gasteiger partial charge >= 0.3 is 0 Å². The molecular formula is C22H22N6O. The minimum absolute atomic E-state index is 0.616. The minimum atomic E-state index is 0.616. The van der Waals surface area contributed by atoms with Crippen LogP contribution in [0, 0.1) is 0 Å². The summed E-state index contributed by atoms with van der Waals surface area (Å²) in [6, 6.07) is 18.5. The first kappa shape index (κ1) is 17.6. The van der Waals surface area contributed by atoms with E-state index in [0.717, 1.165) is 31.7 Å². The monoisotopic (exact) mass is 386 g/mol. The summed E-state index contributed by atoms with van der Waals surface area (Å²) in [6.07, 6.45) is 3.92. The van der Waals surface area contributed by atoms with Gasteiger partial charge in [-0.2, -0.15) is 4.52 Å². The summed E-state index contributed by atoms with van der Waals surface area (Å²) in [5.41, 5.74) is 2.86. The fraction of sp³-hybridized carbons (Fsp3) is 0.273. The molecule has 0 unspecified atom stereocenters. The van der Waals surface area contributed by atoms with E-state index >= 15 is 0 Å². The van der Waals surface area contributed by atoms with Gasteiger partial charge in [0, 0.05) is 13.1 Å². The number of hydrogen-bond donors (Lipinski definition) is 0. The van der Waals surface area contributed by atoms with Gasteiger partial charge in [-0.15, -0.1) is 15.3 Å². The molecule has 0 spiro atoms. The predicted octanol–water partition coefficient (Wildman–Crippen LogP) is 3.58. The van der Waals surface area contributed by atoms with Crippen LogP contribution in [0.2, 0.25) is 0 Å². The lowest BCUT2D eigenvalue weighted by Gasteiger charge is -2.32. The molecule has 7 nitrogen and oxygen atoms in total. The van der Waals surface area contributed by atoms with Crippen molar-refractivity contribution in [3.05, 3.63) is 66.4 Å². The molecular weight excluding hydrogens is 364 g/mol. The highest BCUT2D eigenvalue weighted by atomic mass is 16.5. The Hall–Kier alpha value is -3.48. The maximum absolute atomic E-state index is 5.19. The molecule has 0 N–H and O–H groups in total. The first-order valence-corrected chi connectivity index (χ1v) is 9.84. The Morgan fingerprint density at radius 2 is 1.76 bits per heavy atom. The predicted molar refractivity (Wildman–Crippen MR) is 111 cm³/mol. The van der Waals surface area contributed by atoms with Crippen molar-refractivity contribution < 1.29 is 4.74 Å². The lowest BCUT2D eigenvalue weighted by Crippen LogP contribution is -2.33. The van der Waals surface area contributed by atoms with Gasteiger partial charge in [-0.3, -0.25) is 0 Å². The first-order chi connectivity index (χ1) is 14.3. The molecule has 1 aromatic carbocycles. The van der Waals surface area contributed by atoms with E-state index < -0.39 is 0 Å². The van der Waals surface area contributed by atoms with Gasteiger partial charge in [0.25, 0.3) is 0 Å². The largest absolute Gasteiger partial charge is 0.495 e. The molecule has 1 fully saturated rings. The highest BCUT2D eigenvalue weighted by molar-refractivity contribution is 5.56. The standard InChI is InChI=1S/C22H22N6O/c1-29-18-7-8-19(23-15-18)22-25-24-20-9-10-21(26-28(20)22)27-13-11-17(12-14-27)16-5-3-2-4-6-16/h2-10,15,17H,11-14H2,1H3. The molecule has 0 radical (unpaired) electrons. The molecule has 1 aliphatic rings. The molecule has 4 heterocycles. The van der Waals surface area contributed by atoms with Crippen molar-refractivity contribution in [3.8, 4) is 17.3 Å². The third kappa shape index (κ3) is 3.40. The number of pyridine rings is 1. The van der Waals surface area contributed by atoms with Crippen LogP contribution in [0.4, 0.5) is 5.82 Å². The molecule has 1 saturated heterocycles. The van der Waals surface area contributed by atoms with Gasteiger partial charge < -0.3 is 9.64 Å². The van der Waals surface area contributed by atoms with Crippen LogP contribution in [0.25, 0.3) is 17.2 Å². The van der Waals surface area contributed by atoms with Crippen LogP contribution in [0.3, 0.4) is 0 Å². The van der Waals surface area contributed by atoms with Gasteiger partial charge in [-0.05, 0) is 48.6 Å². The van der Waals surface area contributed by atoms with Gasteiger partial charge in [0.05, 0.1) is 13.3 Å². The van der Waals surface area contributed by atoms with Crippen molar-refractivity contribution >= 4 is 11.5 Å². The molecule has 0 aliphatic carbocycles. The number of benzene rings is 1. The van der Waals surface area contributed by atoms with E-state index in [1.54, 1.807) is 17.8 Å². The number of rotatable bonds is 4. The smallest absolute Gasteiger partial charge is 0.203 e. The number of fused-ring (bicyclic) bond motifs is 1. The van der Waals surface area contributed by atoms with Crippen LogP contribution in [-0.4, -0.2) is 45.0 Å². The molecule has 0 amide bonds. The molecule has 5 rings (SSSR count). The van der Waals surface area contributed by atoms with Crippen LogP contribution in [-0.2, 0) is 0 Å². The molecule has 29 heavy (non-hydrogen) atoms. The van der Waals surface area contributed by atoms with Crippen LogP contribution >= 0.6 is 0 Å². The van der Waals surface area contributed by atoms with Crippen molar-refractivity contribution in [2.24, 2.45) is 0 Å². The molecule has 4 aromatic rings. The average Bonchev–Trinajstić information content (AvgIpc) is 3.23. The maximum atomic E-state index is 5.19. The first-order valence-electron chi connectivity index (χ1n) is 9.84. The van der Waals surface area contributed by atoms with Crippen LogP contribution in [0.5, 0.6) is 5.75 Å². The molecule has 0 saturated carbocycles. The molecule has 3 aromatic heterocycles. The van der Waals surface area contributed by atoms with E-state index in [-0.39, 0.29) is 0 Å². The summed E-state index contributed by atoms with van der Waals surface area (Å²) >= 11 is 0. The topological polar surface area (TPSA) is 68.4 Å². The second kappa shape index (κ2) is 7.50. The van der Waals surface area contributed by atoms with Gasteiger partial charge in [0.1, 0.15) is 17.3 Å². The minimum Gasteiger partial charge on any atom is -0.495 e. The summed E-state index contributed by atoms with van der Waals surface area (Å²) in [7, 11) is 1.62. The number of methoxy groups -OCH3 is 1. The Morgan fingerprint density at radius 1 is 0.931 bits per heavy atom. The van der Waals surface area contributed by atoms with E-state index in [1.165, 1.54) is 5.56 Å². The summed E-state index contributed by atoms with van der Waals surface area (Å²) < 4.78 is 6.96. The summed E-state index contributed by atoms with van der Waals surface area (Å²) in [5, 5.41) is 13.3.